The van der Waals surface area contributed by atoms with Gasteiger partial charge in [0.05, 0.1) is 18.7 Å². The molecular formula is C11H12F4N2O2. The van der Waals surface area contributed by atoms with Gasteiger partial charge in [-0.25, -0.2) is 4.39 Å². The highest BCUT2D eigenvalue weighted by Gasteiger charge is 2.26. The summed E-state index contributed by atoms with van der Waals surface area (Å²) in [5.74, 6) is -1.45. The molecule has 8 heteroatoms. The number of carbonyl (C=O) groups is 1. The maximum absolute atomic E-state index is 13.2. The zero-order chi connectivity index (χ0) is 14.5. The molecule has 0 radical (unpaired) electrons. The molecule has 0 heterocycles. The van der Waals surface area contributed by atoms with Gasteiger partial charge >= 0.3 is 6.18 Å². The van der Waals surface area contributed by atoms with Gasteiger partial charge in [-0.05, 0) is 18.2 Å². The Kier molecular flexibility index (Phi) is 5.11. The molecule has 3 N–H and O–H groups in total. The van der Waals surface area contributed by atoms with Crippen LogP contribution in [0.25, 0.3) is 0 Å². The van der Waals surface area contributed by atoms with Crippen molar-refractivity contribution in [2.24, 2.45) is 0 Å². The second-order valence-corrected chi connectivity index (χ2v) is 3.71. The highest BCUT2D eigenvalue weighted by Crippen LogP contribution is 2.19. The third-order valence-electron chi connectivity index (χ3n) is 2.03. The van der Waals surface area contributed by atoms with E-state index in [1.54, 1.807) is 0 Å². The number of hydrogen-bond donors (Lipinski definition) is 2. The maximum Gasteiger partial charge on any atom is 0.391 e. The Morgan fingerprint density at radius 2 is 2.05 bits per heavy atom. The molecule has 0 aromatic heterocycles. The average Bonchev–Trinajstić information content (AvgIpc) is 2.28. The Labute approximate surface area is 106 Å². The largest absolute Gasteiger partial charge is 0.399 e. The number of nitrogens with one attached hydrogen (secondary N) is 1. The zero-order valence-corrected chi connectivity index (χ0v) is 9.76. The second-order valence-electron chi connectivity index (χ2n) is 3.71. The smallest absolute Gasteiger partial charge is 0.391 e. The van der Waals surface area contributed by atoms with Crippen molar-refractivity contribution >= 4 is 17.3 Å². The lowest BCUT2D eigenvalue weighted by Crippen LogP contribution is -2.21. The molecule has 1 amide bonds. The van der Waals surface area contributed by atoms with Gasteiger partial charge in [-0.15, -0.1) is 0 Å². The number of nitrogens with two attached hydrogens (primary N) is 1. The molecular weight excluding hydrogens is 268 g/mol. The fourth-order valence-electron chi connectivity index (χ4n) is 1.18. The van der Waals surface area contributed by atoms with Crippen LogP contribution in [0.1, 0.15) is 6.42 Å². The number of anilines is 2. The van der Waals surface area contributed by atoms with Gasteiger partial charge in [-0.1, -0.05) is 0 Å². The summed E-state index contributed by atoms with van der Waals surface area (Å²) in [6, 6.07) is 3.57. The van der Waals surface area contributed by atoms with E-state index in [1.165, 1.54) is 12.1 Å². The molecule has 0 aliphatic carbocycles. The Balaban J connectivity index is 2.37. The summed E-state index contributed by atoms with van der Waals surface area (Å²) in [7, 11) is 0. The number of amides is 1. The van der Waals surface area contributed by atoms with Gasteiger partial charge in [0.1, 0.15) is 12.4 Å². The molecule has 0 spiro atoms. The van der Waals surface area contributed by atoms with Crippen LogP contribution >= 0.6 is 0 Å². The standard InChI is InChI=1S/C11H12F4N2O2/c12-8-2-1-7(16)5-9(8)17-10(18)6-19-4-3-11(13,14)15/h1-2,5H,3-4,6,16H2,(H,17,18). The van der Waals surface area contributed by atoms with Crippen molar-refractivity contribution in [1.82, 2.24) is 0 Å². The van der Waals surface area contributed by atoms with Crippen molar-refractivity contribution in [3.05, 3.63) is 24.0 Å². The van der Waals surface area contributed by atoms with Crippen molar-refractivity contribution in [2.45, 2.75) is 12.6 Å². The van der Waals surface area contributed by atoms with Gasteiger partial charge in [0.2, 0.25) is 5.91 Å². The third kappa shape index (κ3) is 6.05. The Morgan fingerprint density at radius 3 is 2.68 bits per heavy atom. The van der Waals surface area contributed by atoms with E-state index < -0.39 is 37.5 Å². The second kappa shape index (κ2) is 6.37. The van der Waals surface area contributed by atoms with Gasteiger partial charge in [0.15, 0.2) is 0 Å². The molecule has 0 saturated heterocycles. The monoisotopic (exact) mass is 280 g/mol. The number of carbonyl (C=O) groups excluding carboxylic acids is 1. The van der Waals surface area contributed by atoms with Gasteiger partial charge in [-0.3, -0.25) is 4.79 Å². The number of rotatable bonds is 5. The highest BCUT2D eigenvalue weighted by atomic mass is 19.4. The van der Waals surface area contributed by atoms with Gasteiger partial charge in [0, 0.05) is 5.69 Å². The van der Waals surface area contributed by atoms with E-state index in [2.05, 4.69) is 10.1 Å². The van der Waals surface area contributed by atoms with E-state index in [1.807, 2.05) is 0 Å². The lowest BCUT2D eigenvalue weighted by atomic mass is 10.2. The minimum atomic E-state index is -4.34. The number of alkyl halides is 3. The van der Waals surface area contributed by atoms with Crippen molar-refractivity contribution in [1.29, 1.82) is 0 Å². The van der Waals surface area contributed by atoms with Crippen molar-refractivity contribution in [3.8, 4) is 0 Å². The first-order chi connectivity index (χ1) is 8.78. The first-order valence-electron chi connectivity index (χ1n) is 5.27. The summed E-state index contributed by atoms with van der Waals surface area (Å²) >= 11 is 0. The van der Waals surface area contributed by atoms with Crippen molar-refractivity contribution in [2.75, 3.05) is 24.3 Å². The molecule has 1 aromatic rings. The fraction of sp³-hybridized carbons (Fsp3) is 0.364. The fourth-order valence-corrected chi connectivity index (χ4v) is 1.18. The first-order valence-corrected chi connectivity index (χ1v) is 5.27. The minimum Gasteiger partial charge on any atom is -0.399 e. The molecule has 4 nitrogen and oxygen atoms in total. The predicted molar refractivity (Wildman–Crippen MR) is 60.9 cm³/mol. The van der Waals surface area contributed by atoms with Crippen LogP contribution in [0, 0.1) is 5.82 Å². The topological polar surface area (TPSA) is 64.3 Å². The van der Waals surface area contributed by atoms with E-state index in [9.17, 15) is 22.4 Å². The summed E-state index contributed by atoms with van der Waals surface area (Å²) in [6.07, 6.45) is -5.48. The van der Waals surface area contributed by atoms with Gasteiger partial charge in [0.25, 0.3) is 0 Å². The van der Waals surface area contributed by atoms with Gasteiger partial charge in [-0.2, -0.15) is 13.2 Å². The average molecular weight is 280 g/mol. The lowest BCUT2D eigenvalue weighted by Gasteiger charge is -2.09. The molecule has 0 fully saturated rings. The van der Waals surface area contributed by atoms with Gasteiger partial charge < -0.3 is 15.8 Å². The summed E-state index contributed by atoms with van der Waals surface area (Å²) in [6.45, 7) is -1.22. The molecule has 0 unspecified atom stereocenters. The molecule has 0 atom stereocenters. The van der Waals surface area contributed by atoms with Crippen molar-refractivity contribution in [3.63, 3.8) is 0 Å². The van der Waals surface area contributed by atoms with E-state index >= 15 is 0 Å². The van der Waals surface area contributed by atoms with E-state index in [4.69, 9.17) is 5.73 Å². The van der Waals surface area contributed by atoms with E-state index in [0.29, 0.717) is 0 Å². The predicted octanol–water partition coefficient (Wildman–Crippen LogP) is 2.32. The molecule has 0 bridgehead atoms. The SMILES string of the molecule is Nc1ccc(F)c(NC(=O)COCCC(F)(F)F)c1. The lowest BCUT2D eigenvalue weighted by molar-refractivity contribution is -0.147. The molecule has 19 heavy (non-hydrogen) atoms. The summed E-state index contributed by atoms with van der Waals surface area (Å²) in [5, 5.41) is 2.15. The number of hydrogen-bond acceptors (Lipinski definition) is 3. The third-order valence-corrected chi connectivity index (χ3v) is 2.03. The maximum atomic E-state index is 13.2. The van der Waals surface area contributed by atoms with Crippen LogP contribution in [-0.2, 0) is 9.53 Å². The van der Waals surface area contributed by atoms with Crippen LogP contribution in [0.5, 0.6) is 0 Å². The normalized spacial score (nSPS) is 11.4. The number of benzene rings is 1. The summed E-state index contributed by atoms with van der Waals surface area (Å²) in [4.78, 5) is 11.3. The summed E-state index contributed by atoms with van der Waals surface area (Å²) in [5.41, 5.74) is 5.49. The van der Waals surface area contributed by atoms with Crippen LogP contribution < -0.4 is 11.1 Å². The van der Waals surface area contributed by atoms with E-state index in [0.717, 1.165) is 6.07 Å². The van der Waals surface area contributed by atoms with Crippen LogP contribution in [-0.4, -0.2) is 25.3 Å². The summed E-state index contributed by atoms with van der Waals surface area (Å²) < 4.78 is 53.1. The van der Waals surface area contributed by atoms with E-state index in [-0.39, 0.29) is 11.4 Å². The molecule has 0 aliphatic heterocycles. The van der Waals surface area contributed by atoms with Crippen LogP contribution in [0.4, 0.5) is 28.9 Å². The van der Waals surface area contributed by atoms with Crippen LogP contribution in [0.3, 0.4) is 0 Å². The Bertz CT molecular complexity index is 449. The first kappa shape index (κ1) is 15.2. The molecule has 1 rings (SSSR count). The molecule has 0 aliphatic rings. The Hall–Kier alpha value is -1.83. The zero-order valence-electron chi connectivity index (χ0n) is 9.76. The quantitative estimate of drug-likeness (QED) is 0.494. The van der Waals surface area contributed by atoms with Crippen LogP contribution in [0.15, 0.2) is 18.2 Å². The number of ether oxygens (including phenoxy) is 1. The number of nitrogen functional groups attached to an aromatic ring is 1. The van der Waals surface area contributed by atoms with Crippen molar-refractivity contribution < 1.29 is 27.1 Å². The molecule has 1 aromatic carbocycles. The van der Waals surface area contributed by atoms with Crippen LogP contribution in [0.2, 0.25) is 0 Å². The highest BCUT2D eigenvalue weighted by molar-refractivity contribution is 5.92. The minimum absolute atomic E-state index is 0.149. The Morgan fingerprint density at radius 1 is 1.37 bits per heavy atom. The molecule has 0 saturated carbocycles. The number of halogens is 4. The molecule has 106 valence electrons.